The number of benzene rings is 2. The number of aromatic amines is 1. The van der Waals surface area contributed by atoms with Crippen LogP contribution in [0, 0.1) is 13.8 Å². The lowest BCUT2D eigenvalue weighted by molar-refractivity contribution is 0.862. The summed E-state index contributed by atoms with van der Waals surface area (Å²) in [6.07, 6.45) is 0.584. The summed E-state index contributed by atoms with van der Waals surface area (Å²) in [5.74, 6) is 0. The van der Waals surface area contributed by atoms with Gasteiger partial charge in [-0.25, -0.2) is 9.50 Å². The van der Waals surface area contributed by atoms with E-state index in [4.69, 9.17) is 0 Å². The smallest absolute Gasteiger partial charge is 0.276 e. The molecule has 4 heteroatoms. The van der Waals surface area contributed by atoms with Crippen LogP contribution >= 0.6 is 0 Å². The Morgan fingerprint density at radius 3 is 2.44 bits per heavy atom. The van der Waals surface area contributed by atoms with Gasteiger partial charge in [0.15, 0.2) is 5.65 Å². The number of rotatable bonds is 3. The quantitative estimate of drug-likeness (QED) is 0.620. The third kappa shape index (κ3) is 2.87. The minimum absolute atomic E-state index is 0.0373. The number of H-pyrrole nitrogens is 1. The molecule has 25 heavy (non-hydrogen) atoms. The van der Waals surface area contributed by atoms with Crippen molar-refractivity contribution in [1.29, 1.82) is 0 Å². The minimum Gasteiger partial charge on any atom is -0.289 e. The van der Waals surface area contributed by atoms with E-state index in [1.807, 2.05) is 55.5 Å². The van der Waals surface area contributed by atoms with Gasteiger partial charge in [0.25, 0.3) is 5.56 Å². The van der Waals surface area contributed by atoms with E-state index in [-0.39, 0.29) is 5.56 Å². The first kappa shape index (κ1) is 15.4. The predicted octanol–water partition coefficient (Wildman–Crippen LogP) is 3.90. The molecule has 0 spiro atoms. The Hall–Kier alpha value is -3.14. The van der Waals surface area contributed by atoms with E-state index >= 15 is 0 Å². The van der Waals surface area contributed by atoms with Crippen LogP contribution in [-0.4, -0.2) is 14.6 Å². The fourth-order valence-corrected chi connectivity index (χ4v) is 3.05. The summed E-state index contributed by atoms with van der Waals surface area (Å²) in [4.78, 5) is 17.6. The molecule has 2 heterocycles. The molecule has 1 N–H and O–H groups in total. The third-order valence-corrected chi connectivity index (χ3v) is 4.50. The van der Waals surface area contributed by atoms with Crippen LogP contribution in [0.15, 0.2) is 65.5 Å². The number of aromatic nitrogens is 3. The molecule has 0 atom stereocenters. The lowest BCUT2D eigenvalue weighted by atomic mass is 10.1. The molecule has 4 nitrogen and oxygen atoms in total. The van der Waals surface area contributed by atoms with Crippen molar-refractivity contribution in [2.45, 2.75) is 20.3 Å². The molecule has 0 saturated carbocycles. The Kier molecular flexibility index (Phi) is 3.73. The fraction of sp³-hybridized carbons (Fsp3) is 0.143. The van der Waals surface area contributed by atoms with Crippen LogP contribution in [0.4, 0.5) is 0 Å². The average Bonchev–Trinajstić information content (AvgIpc) is 3.04. The summed E-state index contributed by atoms with van der Waals surface area (Å²) in [5.41, 5.74) is 6.36. The van der Waals surface area contributed by atoms with E-state index in [1.54, 1.807) is 4.52 Å². The molecule has 4 rings (SSSR count). The van der Waals surface area contributed by atoms with Crippen molar-refractivity contribution in [3.05, 3.63) is 93.4 Å². The van der Waals surface area contributed by atoms with Gasteiger partial charge in [0.1, 0.15) is 0 Å². The Balaban J connectivity index is 1.82. The van der Waals surface area contributed by atoms with Crippen molar-refractivity contribution in [3.63, 3.8) is 0 Å². The van der Waals surface area contributed by atoms with Crippen LogP contribution in [0.25, 0.3) is 16.9 Å². The molecule has 0 aliphatic carbocycles. The lowest BCUT2D eigenvalue weighted by Crippen LogP contribution is -2.22. The van der Waals surface area contributed by atoms with Crippen LogP contribution in [0.3, 0.4) is 0 Å². The first-order valence-electron chi connectivity index (χ1n) is 8.34. The molecule has 4 aromatic rings. The van der Waals surface area contributed by atoms with Crippen molar-refractivity contribution < 1.29 is 0 Å². The molecule has 0 saturated heterocycles. The fourth-order valence-electron chi connectivity index (χ4n) is 3.05. The van der Waals surface area contributed by atoms with Gasteiger partial charge in [-0.15, -0.1) is 0 Å². The van der Waals surface area contributed by atoms with Crippen LogP contribution in [0.1, 0.15) is 22.4 Å². The van der Waals surface area contributed by atoms with Gasteiger partial charge in [0.05, 0.1) is 5.69 Å². The average molecular weight is 329 g/mol. The number of aryl methyl sites for hydroxylation is 2. The van der Waals surface area contributed by atoms with Crippen LogP contribution in [0.2, 0.25) is 0 Å². The van der Waals surface area contributed by atoms with Crippen molar-refractivity contribution in [2.24, 2.45) is 0 Å². The predicted molar refractivity (Wildman–Crippen MR) is 100.0 cm³/mol. The van der Waals surface area contributed by atoms with Crippen LogP contribution in [-0.2, 0) is 6.42 Å². The highest BCUT2D eigenvalue weighted by molar-refractivity contribution is 5.64. The normalized spacial score (nSPS) is 11.1. The third-order valence-electron chi connectivity index (χ3n) is 4.50. The second kappa shape index (κ2) is 6.06. The summed E-state index contributed by atoms with van der Waals surface area (Å²) in [7, 11) is 0. The van der Waals surface area contributed by atoms with E-state index in [1.165, 1.54) is 5.56 Å². The highest BCUT2D eigenvalue weighted by Crippen LogP contribution is 2.19. The highest BCUT2D eigenvalue weighted by atomic mass is 16.1. The minimum atomic E-state index is -0.0373. The molecule has 0 aliphatic heterocycles. The van der Waals surface area contributed by atoms with Gasteiger partial charge in [0.2, 0.25) is 0 Å². The zero-order valence-corrected chi connectivity index (χ0v) is 14.3. The van der Waals surface area contributed by atoms with Gasteiger partial charge in [-0.2, -0.15) is 0 Å². The zero-order valence-electron chi connectivity index (χ0n) is 14.3. The molecule has 0 aliphatic rings. The largest absolute Gasteiger partial charge is 0.289 e. The number of fused-ring (bicyclic) bond motifs is 1. The molecular weight excluding hydrogens is 310 g/mol. The van der Waals surface area contributed by atoms with E-state index in [0.29, 0.717) is 12.1 Å². The zero-order chi connectivity index (χ0) is 17.4. The van der Waals surface area contributed by atoms with Gasteiger partial charge < -0.3 is 0 Å². The summed E-state index contributed by atoms with van der Waals surface area (Å²) in [6, 6.07) is 20.1. The van der Waals surface area contributed by atoms with Crippen molar-refractivity contribution >= 4 is 5.65 Å². The summed E-state index contributed by atoms with van der Waals surface area (Å²) < 4.78 is 1.54. The molecule has 0 bridgehead atoms. The molecule has 2 aromatic carbocycles. The standard InChI is InChI=1S/C21H19N3O/c1-14-8-10-17(11-9-14)19-13-20-22-15(2)18(21(25)24(20)23-19)12-16-6-4-3-5-7-16/h3-11,13,23H,12H2,1-2H3. The Morgan fingerprint density at radius 2 is 1.72 bits per heavy atom. The van der Waals surface area contributed by atoms with Gasteiger partial charge in [-0.05, 0) is 25.0 Å². The Morgan fingerprint density at radius 1 is 1.00 bits per heavy atom. The molecular formula is C21H19N3O. The summed E-state index contributed by atoms with van der Waals surface area (Å²) in [5, 5.41) is 3.19. The van der Waals surface area contributed by atoms with Crippen LogP contribution < -0.4 is 5.56 Å². The van der Waals surface area contributed by atoms with Crippen molar-refractivity contribution in [1.82, 2.24) is 14.6 Å². The number of hydrogen-bond acceptors (Lipinski definition) is 2. The molecule has 0 radical (unpaired) electrons. The SMILES string of the molecule is Cc1ccc(-c2cc3nc(C)c(Cc4ccccc4)c(=O)n3[nH]2)cc1. The van der Waals surface area contributed by atoms with Gasteiger partial charge >= 0.3 is 0 Å². The van der Waals surface area contributed by atoms with E-state index in [2.05, 4.69) is 29.1 Å². The van der Waals surface area contributed by atoms with Gasteiger partial charge in [-0.1, -0.05) is 60.2 Å². The monoisotopic (exact) mass is 329 g/mol. The maximum absolute atomic E-state index is 12.9. The topological polar surface area (TPSA) is 50.2 Å². The molecule has 0 amide bonds. The van der Waals surface area contributed by atoms with Crippen LogP contribution in [0.5, 0.6) is 0 Å². The first-order chi connectivity index (χ1) is 12.1. The second-order valence-electron chi connectivity index (χ2n) is 6.37. The van der Waals surface area contributed by atoms with Gasteiger partial charge in [-0.3, -0.25) is 9.89 Å². The van der Waals surface area contributed by atoms with Gasteiger partial charge in [0, 0.05) is 23.7 Å². The Bertz CT molecular complexity index is 1090. The number of hydrogen-bond donors (Lipinski definition) is 1. The van der Waals surface area contributed by atoms with E-state index in [9.17, 15) is 4.79 Å². The van der Waals surface area contributed by atoms with E-state index in [0.717, 1.165) is 28.1 Å². The maximum atomic E-state index is 12.9. The first-order valence-corrected chi connectivity index (χ1v) is 8.34. The lowest BCUT2D eigenvalue weighted by Gasteiger charge is -2.05. The van der Waals surface area contributed by atoms with Crippen molar-refractivity contribution in [3.8, 4) is 11.3 Å². The summed E-state index contributed by atoms with van der Waals surface area (Å²) >= 11 is 0. The molecule has 0 unspecified atom stereocenters. The maximum Gasteiger partial charge on any atom is 0.276 e. The summed E-state index contributed by atoms with van der Waals surface area (Å²) in [6.45, 7) is 3.96. The second-order valence-corrected chi connectivity index (χ2v) is 6.37. The molecule has 2 aromatic heterocycles. The van der Waals surface area contributed by atoms with Crippen molar-refractivity contribution in [2.75, 3.05) is 0 Å². The highest BCUT2D eigenvalue weighted by Gasteiger charge is 2.13. The Labute approximate surface area is 145 Å². The van der Waals surface area contributed by atoms with E-state index < -0.39 is 0 Å². The number of nitrogens with zero attached hydrogens (tertiary/aromatic N) is 2. The molecule has 0 fully saturated rings. The molecule has 124 valence electrons. The number of nitrogens with one attached hydrogen (secondary N) is 1.